The predicted octanol–water partition coefficient (Wildman–Crippen LogP) is 3.59. The van der Waals surface area contributed by atoms with Gasteiger partial charge < -0.3 is 5.11 Å². The van der Waals surface area contributed by atoms with Crippen LogP contribution in [0.2, 0.25) is 0 Å². The summed E-state index contributed by atoms with van der Waals surface area (Å²) in [5, 5.41) is 11.5. The molecule has 3 fully saturated rings. The fourth-order valence-electron chi connectivity index (χ4n) is 6.43. The standard InChI is InChI=1S/C19H28O2/c1-11-12-5-6-13(9-12)15(11)16(20)19(21)10-14-7-8-18(19,4)17(14,2)3/h5-6,11-15,21H,7-10H2,1-4H3/t11-,12+,13-,14-,15+,18-,19+/m1/s1. The number of carbonyl (C=O) groups is 1. The zero-order chi connectivity index (χ0) is 15.2. The van der Waals surface area contributed by atoms with Gasteiger partial charge in [-0.2, -0.15) is 0 Å². The number of allylic oxidation sites excluding steroid dienone is 2. The molecule has 0 saturated heterocycles. The molecule has 0 aromatic carbocycles. The first kappa shape index (κ1) is 14.0. The molecule has 0 aromatic heterocycles. The Morgan fingerprint density at radius 1 is 1.19 bits per heavy atom. The molecule has 0 spiro atoms. The SMILES string of the molecule is C[C@H]1[C@H](C(=O)[C@@]2(O)C[C@H]3CC[C@]2(C)C3(C)C)[C@@H]2C=C[C@H]1C2. The van der Waals surface area contributed by atoms with Crippen LogP contribution in [0.25, 0.3) is 0 Å². The zero-order valence-corrected chi connectivity index (χ0v) is 13.7. The maximum Gasteiger partial charge on any atom is 0.168 e. The van der Waals surface area contributed by atoms with Gasteiger partial charge >= 0.3 is 0 Å². The fraction of sp³-hybridized carbons (Fsp3) is 0.842. The summed E-state index contributed by atoms with van der Waals surface area (Å²) in [6, 6.07) is 0. The van der Waals surface area contributed by atoms with Gasteiger partial charge in [-0.3, -0.25) is 4.79 Å². The number of carbonyl (C=O) groups excluding carboxylic acids is 1. The van der Waals surface area contributed by atoms with E-state index in [1.807, 2.05) is 0 Å². The number of hydrogen-bond acceptors (Lipinski definition) is 2. The Hall–Kier alpha value is -0.630. The molecule has 116 valence electrons. The fourth-order valence-corrected chi connectivity index (χ4v) is 6.43. The summed E-state index contributed by atoms with van der Waals surface area (Å²) in [4.78, 5) is 13.4. The molecule has 4 bridgehead atoms. The zero-order valence-electron chi connectivity index (χ0n) is 13.7. The van der Waals surface area contributed by atoms with Gasteiger partial charge in [0.15, 0.2) is 5.78 Å². The molecule has 3 saturated carbocycles. The highest BCUT2D eigenvalue weighted by atomic mass is 16.3. The summed E-state index contributed by atoms with van der Waals surface area (Å²) in [6.45, 7) is 8.91. The molecule has 0 amide bonds. The van der Waals surface area contributed by atoms with Gasteiger partial charge in [0.2, 0.25) is 0 Å². The van der Waals surface area contributed by atoms with Crippen molar-refractivity contribution < 1.29 is 9.90 Å². The number of hydrogen-bond donors (Lipinski definition) is 1. The molecule has 7 atom stereocenters. The van der Waals surface area contributed by atoms with Crippen molar-refractivity contribution in [3.8, 4) is 0 Å². The van der Waals surface area contributed by atoms with Gasteiger partial charge in [0.25, 0.3) is 0 Å². The summed E-state index contributed by atoms with van der Waals surface area (Å²) < 4.78 is 0. The Labute approximate surface area is 128 Å². The number of aliphatic hydroxyl groups is 1. The first-order valence-electron chi connectivity index (χ1n) is 8.67. The number of Topliss-reactive ketones (excluding diaryl/α,β-unsaturated/α-hetero) is 1. The molecule has 4 aliphatic rings. The lowest BCUT2D eigenvalue weighted by molar-refractivity contribution is -0.162. The van der Waals surface area contributed by atoms with Crippen LogP contribution in [0, 0.1) is 40.4 Å². The second-order valence-electron chi connectivity index (χ2n) is 9.05. The summed E-state index contributed by atoms with van der Waals surface area (Å²) in [5.74, 6) is 2.07. The Kier molecular flexibility index (Phi) is 2.55. The van der Waals surface area contributed by atoms with Crippen molar-refractivity contribution >= 4 is 5.78 Å². The van der Waals surface area contributed by atoms with Crippen LogP contribution < -0.4 is 0 Å². The van der Waals surface area contributed by atoms with Crippen LogP contribution in [0.1, 0.15) is 53.4 Å². The van der Waals surface area contributed by atoms with Crippen LogP contribution in [0.3, 0.4) is 0 Å². The van der Waals surface area contributed by atoms with Crippen LogP contribution >= 0.6 is 0 Å². The second kappa shape index (κ2) is 3.82. The van der Waals surface area contributed by atoms with E-state index < -0.39 is 5.60 Å². The van der Waals surface area contributed by atoms with Crippen molar-refractivity contribution in [2.45, 2.75) is 59.0 Å². The highest BCUT2D eigenvalue weighted by Gasteiger charge is 2.72. The quantitative estimate of drug-likeness (QED) is 0.788. The normalized spacial score (nSPS) is 56.3. The molecule has 4 aliphatic carbocycles. The molecular weight excluding hydrogens is 260 g/mol. The molecule has 4 rings (SSSR count). The lowest BCUT2D eigenvalue weighted by atomic mass is 9.60. The molecular formula is C19H28O2. The van der Waals surface area contributed by atoms with E-state index in [9.17, 15) is 9.90 Å². The minimum absolute atomic E-state index is 0.0528. The van der Waals surface area contributed by atoms with Gasteiger partial charge in [0.1, 0.15) is 5.60 Å². The molecule has 0 unspecified atom stereocenters. The van der Waals surface area contributed by atoms with Gasteiger partial charge in [-0.25, -0.2) is 0 Å². The van der Waals surface area contributed by atoms with Gasteiger partial charge in [-0.1, -0.05) is 39.8 Å². The Bertz CT molecular complexity index is 534. The molecule has 0 radical (unpaired) electrons. The summed E-state index contributed by atoms with van der Waals surface area (Å²) >= 11 is 0. The molecule has 21 heavy (non-hydrogen) atoms. The largest absolute Gasteiger partial charge is 0.381 e. The average molecular weight is 288 g/mol. The van der Waals surface area contributed by atoms with Crippen molar-refractivity contribution in [2.24, 2.45) is 40.4 Å². The second-order valence-corrected chi connectivity index (χ2v) is 9.05. The first-order chi connectivity index (χ1) is 9.72. The minimum atomic E-state index is -1.09. The number of fused-ring (bicyclic) bond motifs is 4. The van der Waals surface area contributed by atoms with E-state index in [2.05, 4.69) is 39.8 Å². The Morgan fingerprint density at radius 3 is 2.33 bits per heavy atom. The lowest BCUT2D eigenvalue weighted by Gasteiger charge is -2.46. The van der Waals surface area contributed by atoms with Crippen LogP contribution in [-0.4, -0.2) is 16.5 Å². The van der Waals surface area contributed by atoms with E-state index in [4.69, 9.17) is 0 Å². The van der Waals surface area contributed by atoms with E-state index in [0.717, 1.165) is 12.8 Å². The third-order valence-corrected chi connectivity index (χ3v) is 8.45. The highest BCUT2D eigenvalue weighted by Crippen LogP contribution is 2.70. The minimum Gasteiger partial charge on any atom is -0.381 e. The maximum atomic E-state index is 13.4. The summed E-state index contributed by atoms with van der Waals surface area (Å²) in [5.41, 5.74) is -1.25. The van der Waals surface area contributed by atoms with Crippen molar-refractivity contribution in [1.29, 1.82) is 0 Å². The summed E-state index contributed by atoms with van der Waals surface area (Å²) in [7, 11) is 0. The predicted molar refractivity (Wildman–Crippen MR) is 82.6 cm³/mol. The van der Waals surface area contributed by atoms with E-state index in [0.29, 0.717) is 30.1 Å². The smallest absolute Gasteiger partial charge is 0.168 e. The molecule has 1 N–H and O–H groups in total. The average Bonchev–Trinajstić information content (AvgIpc) is 3.09. The third-order valence-electron chi connectivity index (χ3n) is 8.45. The highest BCUT2D eigenvalue weighted by molar-refractivity contribution is 5.92. The van der Waals surface area contributed by atoms with Crippen molar-refractivity contribution in [2.75, 3.05) is 0 Å². The van der Waals surface area contributed by atoms with Gasteiger partial charge in [-0.15, -0.1) is 0 Å². The molecule has 2 nitrogen and oxygen atoms in total. The van der Waals surface area contributed by atoms with E-state index >= 15 is 0 Å². The molecule has 0 heterocycles. The van der Waals surface area contributed by atoms with Crippen molar-refractivity contribution in [1.82, 2.24) is 0 Å². The first-order valence-corrected chi connectivity index (χ1v) is 8.67. The van der Waals surface area contributed by atoms with Gasteiger partial charge in [0, 0.05) is 11.3 Å². The topological polar surface area (TPSA) is 37.3 Å². The van der Waals surface area contributed by atoms with Crippen molar-refractivity contribution in [3.05, 3.63) is 12.2 Å². The third kappa shape index (κ3) is 1.37. The molecule has 2 heteroatoms. The van der Waals surface area contributed by atoms with Crippen molar-refractivity contribution in [3.63, 3.8) is 0 Å². The van der Waals surface area contributed by atoms with Crippen LogP contribution in [0.15, 0.2) is 12.2 Å². The molecule has 0 aromatic rings. The van der Waals surface area contributed by atoms with E-state index in [1.165, 1.54) is 6.42 Å². The van der Waals surface area contributed by atoms with Gasteiger partial charge in [0.05, 0.1) is 0 Å². The Morgan fingerprint density at radius 2 is 1.86 bits per heavy atom. The van der Waals surface area contributed by atoms with Crippen LogP contribution in [-0.2, 0) is 4.79 Å². The maximum absolute atomic E-state index is 13.4. The Balaban J connectivity index is 1.71. The van der Waals surface area contributed by atoms with E-state index in [-0.39, 0.29) is 22.5 Å². The summed E-state index contributed by atoms with van der Waals surface area (Å²) in [6.07, 6.45) is 8.51. The van der Waals surface area contributed by atoms with E-state index in [1.54, 1.807) is 0 Å². The van der Waals surface area contributed by atoms with Crippen LogP contribution in [0.4, 0.5) is 0 Å². The molecule has 0 aliphatic heterocycles. The lowest BCUT2D eigenvalue weighted by Crippen LogP contribution is -2.56. The number of rotatable bonds is 2. The van der Waals surface area contributed by atoms with Gasteiger partial charge in [-0.05, 0) is 54.8 Å². The monoisotopic (exact) mass is 288 g/mol. The van der Waals surface area contributed by atoms with Crippen LogP contribution in [0.5, 0.6) is 0 Å². The number of ketones is 1.